The molecule has 1 heteroatoms. The van der Waals surface area contributed by atoms with Gasteiger partial charge in [-0.3, -0.25) is 4.79 Å². The Labute approximate surface area is 144 Å². The number of hydrogen-bond donors (Lipinski definition) is 0. The van der Waals surface area contributed by atoms with Crippen molar-refractivity contribution in [2.75, 3.05) is 0 Å². The van der Waals surface area contributed by atoms with E-state index in [-0.39, 0.29) is 5.78 Å². The van der Waals surface area contributed by atoms with Crippen molar-refractivity contribution in [1.82, 2.24) is 0 Å². The summed E-state index contributed by atoms with van der Waals surface area (Å²) in [5.41, 5.74) is 10.8. The van der Waals surface area contributed by atoms with E-state index in [1.54, 1.807) is 0 Å². The molecular formula is C23H24O. The van der Waals surface area contributed by atoms with E-state index < -0.39 is 0 Å². The summed E-state index contributed by atoms with van der Waals surface area (Å²) in [7, 11) is 0. The average Bonchev–Trinajstić information content (AvgIpc) is 2.72. The van der Waals surface area contributed by atoms with Crippen molar-refractivity contribution in [3.8, 4) is 0 Å². The maximum atomic E-state index is 13.4. The summed E-state index contributed by atoms with van der Waals surface area (Å²) in [6.45, 7) is 12.5. The molecule has 0 saturated carbocycles. The molecular weight excluding hydrogens is 292 g/mol. The fourth-order valence-electron chi connectivity index (χ4n) is 3.86. The first kappa shape index (κ1) is 16.4. The van der Waals surface area contributed by atoms with Crippen molar-refractivity contribution >= 4 is 16.9 Å². The zero-order valence-electron chi connectivity index (χ0n) is 15.4. The van der Waals surface area contributed by atoms with E-state index in [4.69, 9.17) is 0 Å². The topological polar surface area (TPSA) is 17.1 Å². The van der Waals surface area contributed by atoms with Crippen LogP contribution < -0.4 is 0 Å². The first-order valence-corrected chi connectivity index (χ1v) is 8.44. The van der Waals surface area contributed by atoms with Crippen molar-refractivity contribution in [3.63, 3.8) is 0 Å². The van der Waals surface area contributed by atoms with Gasteiger partial charge in [-0.25, -0.2) is 0 Å². The molecule has 0 radical (unpaired) electrons. The number of hydrogen-bond acceptors (Lipinski definition) is 1. The number of ketones is 1. The normalized spacial score (nSPS) is 14.8. The molecule has 3 rings (SSSR count). The standard InChI is InChI=1S/C23H24O/c1-13-9-7-10-14(2)19(13)21-17(5)18(6)22(23(21)24)20-15(3)11-8-12-16(20)4/h7-12H,1-6H3. The predicted molar refractivity (Wildman–Crippen MR) is 102 cm³/mol. The van der Waals surface area contributed by atoms with E-state index in [0.29, 0.717) is 0 Å². The van der Waals surface area contributed by atoms with E-state index in [1.165, 1.54) is 0 Å². The highest BCUT2D eigenvalue weighted by Gasteiger charge is 2.32. The minimum atomic E-state index is 0.166. The molecule has 122 valence electrons. The first-order valence-electron chi connectivity index (χ1n) is 8.44. The van der Waals surface area contributed by atoms with Crippen LogP contribution in [0.15, 0.2) is 47.5 Å². The van der Waals surface area contributed by atoms with Gasteiger partial charge >= 0.3 is 0 Å². The second kappa shape index (κ2) is 5.90. The average molecular weight is 316 g/mol. The molecule has 2 aromatic rings. The van der Waals surface area contributed by atoms with Gasteiger partial charge in [0.2, 0.25) is 0 Å². The van der Waals surface area contributed by atoms with Crippen LogP contribution in [-0.2, 0) is 4.79 Å². The van der Waals surface area contributed by atoms with Gasteiger partial charge in [0.15, 0.2) is 5.78 Å². The number of allylic oxidation sites excluding steroid dienone is 4. The van der Waals surface area contributed by atoms with Crippen LogP contribution in [0.25, 0.3) is 11.1 Å². The highest BCUT2D eigenvalue weighted by atomic mass is 16.1. The zero-order chi connectivity index (χ0) is 17.6. The van der Waals surface area contributed by atoms with E-state index in [9.17, 15) is 4.79 Å². The lowest BCUT2D eigenvalue weighted by Gasteiger charge is -2.14. The van der Waals surface area contributed by atoms with Crippen LogP contribution in [0.3, 0.4) is 0 Å². The fraction of sp³-hybridized carbons (Fsp3) is 0.261. The first-order chi connectivity index (χ1) is 11.3. The number of Topliss-reactive ketones (excluding diaryl/α,β-unsaturated/α-hetero) is 1. The van der Waals surface area contributed by atoms with E-state index in [0.717, 1.165) is 55.7 Å². The van der Waals surface area contributed by atoms with Crippen LogP contribution in [0.2, 0.25) is 0 Å². The second-order valence-electron chi connectivity index (χ2n) is 6.86. The van der Waals surface area contributed by atoms with Crippen molar-refractivity contribution < 1.29 is 4.79 Å². The third-order valence-corrected chi connectivity index (χ3v) is 5.23. The highest BCUT2D eigenvalue weighted by molar-refractivity contribution is 6.47. The fourth-order valence-corrected chi connectivity index (χ4v) is 3.86. The summed E-state index contributed by atoms with van der Waals surface area (Å²) in [6.07, 6.45) is 0. The lowest BCUT2D eigenvalue weighted by atomic mass is 9.88. The number of benzene rings is 2. The quantitative estimate of drug-likeness (QED) is 0.689. The third kappa shape index (κ3) is 2.36. The molecule has 0 amide bonds. The molecule has 0 aliphatic heterocycles. The van der Waals surface area contributed by atoms with Crippen molar-refractivity contribution in [2.45, 2.75) is 41.5 Å². The Morgan fingerprint density at radius 3 is 1.12 bits per heavy atom. The number of rotatable bonds is 2. The summed E-state index contributed by atoms with van der Waals surface area (Å²) < 4.78 is 0. The predicted octanol–water partition coefficient (Wildman–Crippen LogP) is 5.75. The second-order valence-corrected chi connectivity index (χ2v) is 6.86. The molecule has 0 saturated heterocycles. The van der Waals surface area contributed by atoms with Gasteiger partial charge in [0.1, 0.15) is 0 Å². The monoisotopic (exact) mass is 316 g/mol. The Morgan fingerprint density at radius 1 is 0.542 bits per heavy atom. The molecule has 1 aliphatic carbocycles. The van der Waals surface area contributed by atoms with Crippen molar-refractivity contribution in [1.29, 1.82) is 0 Å². The molecule has 0 aromatic heterocycles. The lowest BCUT2D eigenvalue weighted by Crippen LogP contribution is -2.06. The van der Waals surface area contributed by atoms with Gasteiger partial charge < -0.3 is 0 Å². The zero-order valence-corrected chi connectivity index (χ0v) is 15.4. The van der Waals surface area contributed by atoms with Crippen LogP contribution in [0.5, 0.6) is 0 Å². The molecule has 0 bridgehead atoms. The number of carbonyl (C=O) groups is 1. The van der Waals surface area contributed by atoms with Crippen LogP contribution >= 0.6 is 0 Å². The number of aryl methyl sites for hydroxylation is 4. The summed E-state index contributed by atoms with van der Waals surface area (Å²) in [5, 5.41) is 0. The Bertz CT molecular complexity index is 807. The summed E-state index contributed by atoms with van der Waals surface area (Å²) in [5.74, 6) is 0.166. The SMILES string of the molecule is CC1=C(c2c(C)cccc2C)C(=O)C(c2c(C)cccc2C)=C1C. The van der Waals surface area contributed by atoms with Gasteiger partial charge in [-0.2, -0.15) is 0 Å². The molecule has 0 unspecified atom stereocenters. The Balaban J connectivity index is 2.23. The Morgan fingerprint density at radius 2 is 0.833 bits per heavy atom. The molecule has 0 atom stereocenters. The maximum absolute atomic E-state index is 13.4. The Hall–Kier alpha value is -2.41. The minimum absolute atomic E-state index is 0.166. The lowest BCUT2D eigenvalue weighted by molar-refractivity contribution is -0.108. The van der Waals surface area contributed by atoms with E-state index in [2.05, 4.69) is 77.9 Å². The van der Waals surface area contributed by atoms with E-state index >= 15 is 0 Å². The molecule has 2 aromatic carbocycles. The van der Waals surface area contributed by atoms with Gasteiger partial charge in [0.25, 0.3) is 0 Å². The van der Waals surface area contributed by atoms with E-state index in [1.807, 2.05) is 0 Å². The molecule has 1 nitrogen and oxygen atoms in total. The van der Waals surface area contributed by atoms with Gasteiger partial charge in [0, 0.05) is 11.1 Å². The minimum Gasteiger partial charge on any atom is -0.289 e. The highest BCUT2D eigenvalue weighted by Crippen LogP contribution is 2.43. The largest absolute Gasteiger partial charge is 0.289 e. The molecule has 0 fully saturated rings. The Kier molecular flexibility index (Phi) is 4.04. The maximum Gasteiger partial charge on any atom is 0.194 e. The number of carbonyl (C=O) groups excluding carboxylic acids is 1. The molecule has 0 heterocycles. The van der Waals surface area contributed by atoms with Gasteiger partial charge in [-0.05, 0) is 86.1 Å². The van der Waals surface area contributed by atoms with Crippen molar-refractivity contribution in [3.05, 3.63) is 80.9 Å². The molecule has 0 N–H and O–H groups in total. The summed E-state index contributed by atoms with van der Waals surface area (Å²) in [6, 6.07) is 12.4. The van der Waals surface area contributed by atoms with Gasteiger partial charge in [-0.15, -0.1) is 0 Å². The molecule has 1 aliphatic rings. The molecule has 0 spiro atoms. The summed E-state index contributed by atoms with van der Waals surface area (Å²) in [4.78, 5) is 13.4. The van der Waals surface area contributed by atoms with Gasteiger partial charge in [-0.1, -0.05) is 36.4 Å². The smallest absolute Gasteiger partial charge is 0.194 e. The van der Waals surface area contributed by atoms with Crippen LogP contribution in [-0.4, -0.2) is 5.78 Å². The van der Waals surface area contributed by atoms with Crippen molar-refractivity contribution in [2.24, 2.45) is 0 Å². The third-order valence-electron chi connectivity index (χ3n) is 5.23. The summed E-state index contributed by atoms with van der Waals surface area (Å²) >= 11 is 0. The van der Waals surface area contributed by atoms with Crippen LogP contribution in [0, 0.1) is 27.7 Å². The van der Waals surface area contributed by atoms with Crippen LogP contribution in [0.4, 0.5) is 0 Å². The molecule has 24 heavy (non-hydrogen) atoms. The van der Waals surface area contributed by atoms with Crippen LogP contribution in [0.1, 0.15) is 47.2 Å². The van der Waals surface area contributed by atoms with Gasteiger partial charge in [0.05, 0.1) is 0 Å².